The Balaban J connectivity index is 1.93. The van der Waals surface area contributed by atoms with Crippen LogP contribution in [0.1, 0.15) is 19.3 Å². The minimum absolute atomic E-state index is 0.0775. The maximum atomic E-state index is 11.1. The van der Waals surface area contributed by atoms with E-state index in [1.807, 2.05) is 0 Å². The van der Waals surface area contributed by atoms with Gasteiger partial charge in [-0.1, -0.05) is 0 Å². The molecule has 0 atom stereocenters. The number of methoxy groups -OCH3 is 1. The van der Waals surface area contributed by atoms with Crippen molar-refractivity contribution in [3.8, 4) is 0 Å². The molecule has 1 aliphatic rings. The van der Waals surface area contributed by atoms with E-state index in [1.54, 1.807) is 25.4 Å². The second-order valence-corrected chi connectivity index (χ2v) is 5.40. The van der Waals surface area contributed by atoms with E-state index < -0.39 is 0 Å². The lowest BCUT2D eigenvalue weighted by Crippen LogP contribution is -2.45. The number of hydrogen-bond donors (Lipinski definition) is 1. The molecule has 21 heavy (non-hydrogen) atoms. The summed E-state index contributed by atoms with van der Waals surface area (Å²) in [6, 6.07) is 5.07. The van der Waals surface area contributed by atoms with Crippen molar-refractivity contribution in [1.29, 1.82) is 0 Å². The third-order valence-electron chi connectivity index (χ3n) is 4.29. The summed E-state index contributed by atoms with van der Waals surface area (Å²) in [7, 11) is 1.73. The summed E-state index contributed by atoms with van der Waals surface area (Å²) < 4.78 is 5.59. The maximum Gasteiger partial charge on any atom is 0.278 e. The van der Waals surface area contributed by atoms with Gasteiger partial charge in [0.25, 0.3) is 5.69 Å². The molecule has 3 rings (SSSR count). The molecule has 1 heterocycles. The minimum Gasteiger partial charge on any atom is -0.382 e. The number of non-ortho nitro benzene ring substituents is 1. The quantitative estimate of drug-likeness (QED) is 0.675. The second kappa shape index (κ2) is 5.29. The molecule has 110 valence electrons. The summed E-state index contributed by atoms with van der Waals surface area (Å²) in [5, 5.41) is 15.8. The zero-order valence-electron chi connectivity index (χ0n) is 11.8. The number of nitro benzene ring substituents is 1. The number of ether oxygens (including phenoxy) is 1. The van der Waals surface area contributed by atoms with Crippen LogP contribution in [0.15, 0.2) is 30.6 Å². The van der Waals surface area contributed by atoms with Crippen molar-refractivity contribution in [2.45, 2.75) is 24.9 Å². The van der Waals surface area contributed by atoms with Gasteiger partial charge in [-0.25, -0.2) is 0 Å². The number of fused-ring (bicyclic) bond motifs is 1. The van der Waals surface area contributed by atoms with E-state index in [0.29, 0.717) is 11.9 Å². The summed E-state index contributed by atoms with van der Waals surface area (Å²) in [4.78, 5) is 14.7. The fourth-order valence-corrected chi connectivity index (χ4v) is 2.77. The zero-order chi connectivity index (χ0) is 14.9. The molecule has 0 radical (unpaired) electrons. The highest BCUT2D eigenvalue weighted by Crippen LogP contribution is 2.36. The second-order valence-electron chi connectivity index (χ2n) is 5.40. The van der Waals surface area contributed by atoms with Crippen molar-refractivity contribution in [3.63, 3.8) is 0 Å². The van der Waals surface area contributed by atoms with Crippen LogP contribution >= 0.6 is 0 Å². The summed E-state index contributed by atoms with van der Waals surface area (Å²) in [6.45, 7) is 0.707. The van der Waals surface area contributed by atoms with E-state index in [0.717, 1.165) is 23.9 Å². The average molecular weight is 287 g/mol. The monoisotopic (exact) mass is 287 g/mol. The zero-order valence-corrected chi connectivity index (χ0v) is 11.8. The molecule has 1 aliphatic carbocycles. The number of nitrogens with one attached hydrogen (secondary N) is 1. The standard InChI is InChI=1S/C15H17N3O3/c1-21-15(6-2-7-15)10-17-13-3-4-14(18(19)20)12-9-16-8-5-11(12)13/h3-5,8-9,17H,2,6-7,10H2,1H3. The first-order valence-electron chi connectivity index (χ1n) is 6.95. The fourth-order valence-electron chi connectivity index (χ4n) is 2.77. The van der Waals surface area contributed by atoms with Crippen LogP contribution < -0.4 is 5.32 Å². The third kappa shape index (κ3) is 2.42. The highest BCUT2D eigenvalue weighted by molar-refractivity contribution is 5.99. The Morgan fingerprint density at radius 1 is 1.38 bits per heavy atom. The molecular formula is C15H17N3O3. The molecule has 2 aromatic rings. The largest absolute Gasteiger partial charge is 0.382 e. The van der Waals surface area contributed by atoms with E-state index in [1.165, 1.54) is 18.7 Å². The summed E-state index contributed by atoms with van der Waals surface area (Å²) in [6.07, 6.45) is 6.45. The van der Waals surface area contributed by atoms with Crippen LogP contribution in [0, 0.1) is 10.1 Å². The minimum atomic E-state index is -0.379. The number of aromatic nitrogens is 1. The molecule has 0 saturated heterocycles. The molecule has 1 N–H and O–H groups in total. The summed E-state index contributed by atoms with van der Waals surface area (Å²) in [5.41, 5.74) is 0.858. The lowest BCUT2D eigenvalue weighted by Gasteiger charge is -2.40. The Hall–Kier alpha value is -2.21. The first-order valence-corrected chi connectivity index (χ1v) is 6.95. The Kier molecular flexibility index (Phi) is 3.47. The molecule has 0 amide bonds. The van der Waals surface area contributed by atoms with Crippen LogP contribution in [0.3, 0.4) is 0 Å². The van der Waals surface area contributed by atoms with Gasteiger partial charge in [0.2, 0.25) is 0 Å². The van der Waals surface area contributed by atoms with Crippen LogP contribution in [0.2, 0.25) is 0 Å². The SMILES string of the molecule is COC1(CNc2ccc([N+](=O)[O-])c3cnccc23)CCC1. The molecule has 1 saturated carbocycles. The van der Waals surface area contributed by atoms with Gasteiger partial charge >= 0.3 is 0 Å². The van der Waals surface area contributed by atoms with Crippen LogP contribution in [-0.4, -0.2) is 29.2 Å². The normalized spacial score (nSPS) is 16.4. The molecule has 1 aromatic heterocycles. The van der Waals surface area contributed by atoms with Gasteiger partial charge in [0.15, 0.2) is 0 Å². The van der Waals surface area contributed by atoms with Gasteiger partial charge in [-0.15, -0.1) is 0 Å². The molecule has 1 aromatic carbocycles. The number of rotatable bonds is 5. The highest BCUT2D eigenvalue weighted by atomic mass is 16.6. The Labute approximate surface area is 122 Å². The summed E-state index contributed by atoms with van der Waals surface area (Å²) in [5.74, 6) is 0. The van der Waals surface area contributed by atoms with Gasteiger partial charge in [0.1, 0.15) is 0 Å². The van der Waals surface area contributed by atoms with E-state index >= 15 is 0 Å². The molecule has 0 spiro atoms. The van der Waals surface area contributed by atoms with Crippen LogP contribution in [0.5, 0.6) is 0 Å². The van der Waals surface area contributed by atoms with E-state index in [9.17, 15) is 10.1 Å². The lowest BCUT2D eigenvalue weighted by atomic mass is 9.80. The molecule has 6 nitrogen and oxygen atoms in total. The first-order chi connectivity index (χ1) is 10.2. The van der Waals surface area contributed by atoms with E-state index in [-0.39, 0.29) is 16.2 Å². The maximum absolute atomic E-state index is 11.1. The Bertz CT molecular complexity index is 677. The van der Waals surface area contributed by atoms with E-state index in [4.69, 9.17) is 4.74 Å². The van der Waals surface area contributed by atoms with Crippen LogP contribution in [0.4, 0.5) is 11.4 Å². The van der Waals surface area contributed by atoms with Gasteiger partial charge in [0.05, 0.1) is 15.9 Å². The van der Waals surface area contributed by atoms with Crippen molar-refractivity contribution in [2.24, 2.45) is 0 Å². The van der Waals surface area contributed by atoms with Gasteiger partial charge in [-0.3, -0.25) is 15.1 Å². The van der Waals surface area contributed by atoms with Crippen molar-refractivity contribution in [2.75, 3.05) is 19.0 Å². The Morgan fingerprint density at radius 2 is 2.19 bits per heavy atom. The number of pyridine rings is 1. The third-order valence-corrected chi connectivity index (χ3v) is 4.29. The summed E-state index contributed by atoms with van der Waals surface area (Å²) >= 11 is 0. The van der Waals surface area contributed by atoms with E-state index in [2.05, 4.69) is 10.3 Å². The molecule has 0 aliphatic heterocycles. The van der Waals surface area contributed by atoms with Gasteiger partial charge in [-0.2, -0.15) is 0 Å². The molecule has 6 heteroatoms. The number of hydrogen-bond acceptors (Lipinski definition) is 5. The van der Waals surface area contributed by atoms with Gasteiger partial charge in [0, 0.05) is 43.2 Å². The lowest BCUT2D eigenvalue weighted by molar-refractivity contribution is -0.383. The molecular weight excluding hydrogens is 270 g/mol. The molecule has 0 unspecified atom stereocenters. The van der Waals surface area contributed by atoms with Crippen LogP contribution in [0.25, 0.3) is 10.8 Å². The van der Waals surface area contributed by atoms with Crippen LogP contribution in [-0.2, 0) is 4.74 Å². The molecule has 1 fully saturated rings. The van der Waals surface area contributed by atoms with Gasteiger partial charge in [-0.05, 0) is 31.4 Å². The first kappa shape index (κ1) is 13.8. The van der Waals surface area contributed by atoms with Crippen molar-refractivity contribution in [3.05, 3.63) is 40.7 Å². The predicted molar refractivity (Wildman–Crippen MR) is 80.5 cm³/mol. The molecule has 0 bridgehead atoms. The fraction of sp³-hybridized carbons (Fsp3) is 0.400. The topological polar surface area (TPSA) is 77.3 Å². The van der Waals surface area contributed by atoms with Crippen molar-refractivity contribution in [1.82, 2.24) is 4.98 Å². The number of nitrogens with zero attached hydrogens (tertiary/aromatic N) is 2. The predicted octanol–water partition coefficient (Wildman–Crippen LogP) is 3.12. The average Bonchev–Trinajstić information content (AvgIpc) is 2.46. The van der Waals surface area contributed by atoms with Crippen molar-refractivity contribution < 1.29 is 9.66 Å². The smallest absolute Gasteiger partial charge is 0.278 e. The highest BCUT2D eigenvalue weighted by Gasteiger charge is 2.36. The number of anilines is 1. The van der Waals surface area contributed by atoms with Crippen molar-refractivity contribution >= 4 is 22.1 Å². The van der Waals surface area contributed by atoms with Gasteiger partial charge < -0.3 is 10.1 Å². The number of benzene rings is 1. The number of nitro groups is 1. The Morgan fingerprint density at radius 3 is 2.81 bits per heavy atom.